The molecule has 0 spiro atoms. The van der Waals surface area contributed by atoms with E-state index in [1.54, 1.807) is 48.7 Å². The number of amides is 1. The van der Waals surface area contributed by atoms with Crippen LogP contribution < -0.4 is 4.74 Å². The number of halogens is 1. The Labute approximate surface area is 163 Å². The molecule has 3 aromatic rings. The zero-order chi connectivity index (χ0) is 19.7. The van der Waals surface area contributed by atoms with Crippen molar-refractivity contribution in [1.82, 2.24) is 15.1 Å². The van der Waals surface area contributed by atoms with Crippen LogP contribution in [0.15, 0.2) is 54.9 Å². The van der Waals surface area contributed by atoms with Crippen molar-refractivity contribution in [3.8, 4) is 16.9 Å². The number of hydrogen-bond donors (Lipinski definition) is 1. The van der Waals surface area contributed by atoms with E-state index in [1.807, 2.05) is 12.1 Å². The number of methoxy groups -OCH3 is 1. The molecule has 0 aliphatic carbocycles. The van der Waals surface area contributed by atoms with Gasteiger partial charge in [-0.25, -0.2) is 4.39 Å². The first-order valence-corrected chi connectivity index (χ1v) is 9.31. The number of H-pyrrole nitrogens is 1. The van der Waals surface area contributed by atoms with Gasteiger partial charge >= 0.3 is 0 Å². The molecule has 1 aliphatic heterocycles. The second-order valence-corrected chi connectivity index (χ2v) is 7.24. The highest BCUT2D eigenvalue weighted by molar-refractivity contribution is 5.96. The second-order valence-electron chi connectivity index (χ2n) is 7.24. The largest absolute Gasteiger partial charge is 0.496 e. The lowest BCUT2D eigenvalue weighted by Crippen LogP contribution is -2.31. The molecule has 2 aromatic carbocycles. The minimum absolute atomic E-state index is 0.116. The third-order valence-electron chi connectivity index (χ3n) is 5.29. The molecule has 2 heterocycles. The molecule has 1 saturated heterocycles. The number of benzene rings is 2. The first kappa shape index (κ1) is 18.2. The molecule has 0 saturated carbocycles. The monoisotopic (exact) mass is 379 g/mol. The summed E-state index contributed by atoms with van der Waals surface area (Å²) >= 11 is 0. The summed E-state index contributed by atoms with van der Waals surface area (Å²) in [4.78, 5) is 15.1. The normalized spacial score (nSPS) is 19.0. The Morgan fingerprint density at radius 1 is 1.29 bits per heavy atom. The molecule has 1 N–H and O–H groups in total. The predicted octanol–water partition coefficient (Wildman–Crippen LogP) is 4.45. The zero-order valence-electron chi connectivity index (χ0n) is 15.9. The minimum Gasteiger partial charge on any atom is -0.496 e. The van der Waals surface area contributed by atoms with Crippen molar-refractivity contribution in [3.63, 3.8) is 0 Å². The molecule has 2 atom stereocenters. The number of likely N-dealkylation sites (tertiary alicyclic amines) is 1. The van der Waals surface area contributed by atoms with E-state index in [4.69, 9.17) is 4.74 Å². The Kier molecular flexibility index (Phi) is 4.86. The van der Waals surface area contributed by atoms with Crippen molar-refractivity contribution >= 4 is 5.91 Å². The number of rotatable bonds is 4. The number of aromatic nitrogens is 2. The highest BCUT2D eigenvalue weighted by Crippen LogP contribution is 2.38. The molecular weight excluding hydrogens is 357 g/mol. The molecule has 1 fully saturated rings. The third kappa shape index (κ3) is 3.26. The first-order chi connectivity index (χ1) is 13.6. The fraction of sp³-hybridized carbons (Fsp3) is 0.273. The molecule has 28 heavy (non-hydrogen) atoms. The zero-order valence-corrected chi connectivity index (χ0v) is 15.9. The van der Waals surface area contributed by atoms with Crippen molar-refractivity contribution in [1.29, 1.82) is 0 Å². The van der Waals surface area contributed by atoms with E-state index in [-0.39, 0.29) is 17.8 Å². The van der Waals surface area contributed by atoms with Crippen molar-refractivity contribution < 1.29 is 13.9 Å². The van der Waals surface area contributed by atoms with E-state index in [9.17, 15) is 9.18 Å². The van der Waals surface area contributed by atoms with Crippen molar-refractivity contribution in [2.24, 2.45) is 5.92 Å². The molecule has 1 aliphatic rings. The lowest BCUT2D eigenvalue weighted by molar-refractivity contribution is 0.0730. The average molecular weight is 379 g/mol. The van der Waals surface area contributed by atoms with Gasteiger partial charge in [-0.2, -0.15) is 5.10 Å². The summed E-state index contributed by atoms with van der Waals surface area (Å²) in [7, 11) is 1.58. The standard InChI is InChI=1S/C22H22FN3O2/c1-14-9-20(18-5-3-4-6-19(18)23)26(13-14)22(27)15-7-8-17(21(10-15)28-2)16-11-24-25-12-16/h3-8,10-12,14,20H,9,13H2,1-2H3,(H,24,25)/t14-,20-/m1/s1. The van der Waals surface area contributed by atoms with Crippen LogP contribution in [0.3, 0.4) is 0 Å². The maximum Gasteiger partial charge on any atom is 0.254 e. The number of carbonyl (C=O) groups excluding carboxylic acids is 1. The summed E-state index contributed by atoms with van der Waals surface area (Å²) in [5.41, 5.74) is 2.84. The van der Waals surface area contributed by atoms with Crippen LogP contribution in [-0.4, -0.2) is 34.7 Å². The van der Waals surface area contributed by atoms with E-state index >= 15 is 0 Å². The lowest BCUT2D eigenvalue weighted by Gasteiger charge is -2.26. The van der Waals surface area contributed by atoms with Crippen LogP contribution in [0.5, 0.6) is 5.75 Å². The summed E-state index contributed by atoms with van der Waals surface area (Å²) in [6.45, 7) is 2.69. The third-order valence-corrected chi connectivity index (χ3v) is 5.29. The van der Waals surface area contributed by atoms with Crippen LogP contribution in [0, 0.1) is 11.7 Å². The molecule has 6 heteroatoms. The second kappa shape index (κ2) is 7.46. The summed E-state index contributed by atoms with van der Waals surface area (Å²) in [6, 6.07) is 11.8. The van der Waals surface area contributed by atoms with Gasteiger partial charge in [-0.05, 0) is 36.6 Å². The SMILES string of the molecule is COc1cc(C(=O)N2C[C@H](C)C[C@@H]2c2ccccc2F)ccc1-c1cn[nH]c1. The lowest BCUT2D eigenvalue weighted by atomic mass is 10.00. The molecule has 5 nitrogen and oxygen atoms in total. The molecular formula is C22H22FN3O2. The Bertz CT molecular complexity index is 987. The highest BCUT2D eigenvalue weighted by atomic mass is 19.1. The molecule has 0 bridgehead atoms. The molecule has 1 amide bonds. The maximum atomic E-state index is 14.4. The van der Waals surface area contributed by atoms with E-state index in [0.29, 0.717) is 29.3 Å². The number of ether oxygens (including phenoxy) is 1. The van der Waals surface area contributed by atoms with E-state index in [0.717, 1.165) is 17.5 Å². The number of nitrogens with zero attached hydrogens (tertiary/aromatic N) is 2. The van der Waals surface area contributed by atoms with Crippen molar-refractivity contribution in [3.05, 3.63) is 71.8 Å². The molecule has 0 radical (unpaired) electrons. The topological polar surface area (TPSA) is 58.2 Å². The average Bonchev–Trinajstić information content (AvgIpc) is 3.37. The number of nitrogens with one attached hydrogen (secondary N) is 1. The molecule has 144 valence electrons. The summed E-state index contributed by atoms with van der Waals surface area (Å²) in [6.07, 6.45) is 4.22. The fourth-order valence-corrected chi connectivity index (χ4v) is 3.94. The van der Waals surface area contributed by atoms with Gasteiger partial charge in [0.05, 0.1) is 19.3 Å². The van der Waals surface area contributed by atoms with Gasteiger partial charge in [-0.1, -0.05) is 25.1 Å². The van der Waals surface area contributed by atoms with Gasteiger partial charge in [-0.3, -0.25) is 9.89 Å². The number of hydrogen-bond acceptors (Lipinski definition) is 3. The summed E-state index contributed by atoms with van der Waals surface area (Å²) in [5, 5.41) is 6.74. The van der Waals surface area contributed by atoms with Crippen LogP contribution in [0.1, 0.15) is 35.3 Å². The first-order valence-electron chi connectivity index (χ1n) is 9.31. The Morgan fingerprint density at radius 2 is 2.11 bits per heavy atom. The van der Waals surface area contributed by atoms with Crippen LogP contribution in [-0.2, 0) is 0 Å². The Hall–Kier alpha value is -3.15. The summed E-state index contributed by atoms with van der Waals surface area (Å²) in [5.74, 6) is 0.518. The van der Waals surface area contributed by atoms with Gasteiger partial charge in [0, 0.05) is 35.0 Å². The molecule has 1 aromatic heterocycles. The Morgan fingerprint density at radius 3 is 2.82 bits per heavy atom. The van der Waals surface area contributed by atoms with Gasteiger partial charge < -0.3 is 9.64 Å². The molecule has 0 unspecified atom stereocenters. The summed E-state index contributed by atoms with van der Waals surface area (Å²) < 4.78 is 19.9. The van der Waals surface area contributed by atoms with Gasteiger partial charge in [0.2, 0.25) is 0 Å². The van der Waals surface area contributed by atoms with Crippen LogP contribution >= 0.6 is 0 Å². The Balaban J connectivity index is 1.67. The highest BCUT2D eigenvalue weighted by Gasteiger charge is 2.36. The van der Waals surface area contributed by atoms with Crippen LogP contribution in [0.2, 0.25) is 0 Å². The molecule has 4 rings (SSSR count). The van der Waals surface area contributed by atoms with E-state index in [1.165, 1.54) is 6.07 Å². The number of aromatic amines is 1. The smallest absolute Gasteiger partial charge is 0.254 e. The minimum atomic E-state index is -0.271. The quantitative estimate of drug-likeness (QED) is 0.729. The number of carbonyl (C=O) groups is 1. The van der Waals surface area contributed by atoms with Gasteiger partial charge in [-0.15, -0.1) is 0 Å². The fourth-order valence-electron chi connectivity index (χ4n) is 3.94. The van der Waals surface area contributed by atoms with Crippen molar-refractivity contribution in [2.45, 2.75) is 19.4 Å². The van der Waals surface area contributed by atoms with Gasteiger partial charge in [0.25, 0.3) is 5.91 Å². The maximum absolute atomic E-state index is 14.4. The van der Waals surface area contributed by atoms with Crippen LogP contribution in [0.4, 0.5) is 4.39 Å². The van der Waals surface area contributed by atoms with E-state index < -0.39 is 0 Å². The van der Waals surface area contributed by atoms with Crippen LogP contribution in [0.25, 0.3) is 11.1 Å². The van der Waals surface area contributed by atoms with Gasteiger partial charge in [0.15, 0.2) is 0 Å². The van der Waals surface area contributed by atoms with E-state index in [2.05, 4.69) is 17.1 Å². The predicted molar refractivity (Wildman–Crippen MR) is 105 cm³/mol. The van der Waals surface area contributed by atoms with Crippen molar-refractivity contribution in [2.75, 3.05) is 13.7 Å². The van der Waals surface area contributed by atoms with Gasteiger partial charge in [0.1, 0.15) is 11.6 Å².